The molecule has 0 unspecified atom stereocenters. The minimum Gasteiger partial charge on any atom is -0.368 e. The Morgan fingerprint density at radius 1 is 1.35 bits per heavy atom. The normalized spacial score (nSPS) is 13.0. The fourth-order valence-electron chi connectivity index (χ4n) is 1.23. The number of nitrogens with zero attached hydrogens (tertiary/aromatic N) is 3. The number of rotatable bonds is 4. The molecule has 0 saturated carbocycles. The van der Waals surface area contributed by atoms with E-state index in [1.807, 2.05) is 20.8 Å². The number of ether oxygens (including phenoxy) is 1. The van der Waals surface area contributed by atoms with Gasteiger partial charge in [0.05, 0.1) is 5.60 Å². The molecule has 0 spiro atoms. The minimum atomic E-state index is -3.84. The Balaban J connectivity index is 3.00. The summed E-state index contributed by atoms with van der Waals surface area (Å²) in [5.41, 5.74) is -0.327. The lowest BCUT2D eigenvalue weighted by molar-refractivity contribution is -0.0195. The number of primary sulfonamides is 1. The first-order valence-corrected chi connectivity index (χ1v) is 6.78. The zero-order valence-electron chi connectivity index (χ0n) is 10.5. The molecule has 0 aliphatic heterocycles. The smallest absolute Gasteiger partial charge is 0.273 e. The average molecular weight is 262 g/mol. The molecule has 0 aliphatic rings. The summed E-state index contributed by atoms with van der Waals surface area (Å²) in [6.07, 6.45) is 0. The third-order valence-electron chi connectivity index (χ3n) is 2.00. The Kier molecular flexibility index (Phi) is 3.90. The molecule has 0 bridgehead atoms. The van der Waals surface area contributed by atoms with Crippen molar-refractivity contribution in [1.29, 1.82) is 0 Å². The van der Waals surface area contributed by atoms with E-state index < -0.39 is 10.0 Å². The maximum atomic E-state index is 11.2. The zero-order valence-corrected chi connectivity index (χ0v) is 11.3. The Morgan fingerprint density at radius 3 is 2.35 bits per heavy atom. The monoisotopic (exact) mass is 262 g/mol. The lowest BCUT2D eigenvalue weighted by Gasteiger charge is -2.19. The van der Waals surface area contributed by atoms with E-state index >= 15 is 0 Å². The summed E-state index contributed by atoms with van der Waals surface area (Å²) in [4.78, 5) is 0. The van der Waals surface area contributed by atoms with E-state index in [1.54, 1.807) is 6.92 Å². The van der Waals surface area contributed by atoms with E-state index in [2.05, 4.69) is 10.2 Å². The second-order valence-electron chi connectivity index (χ2n) is 4.59. The first-order chi connectivity index (χ1) is 7.65. The molecule has 0 saturated heterocycles. The molecule has 98 valence electrons. The van der Waals surface area contributed by atoms with E-state index in [9.17, 15) is 8.42 Å². The van der Waals surface area contributed by atoms with Gasteiger partial charge in [0, 0.05) is 6.54 Å². The molecule has 0 atom stereocenters. The van der Waals surface area contributed by atoms with Crippen molar-refractivity contribution in [2.24, 2.45) is 5.14 Å². The van der Waals surface area contributed by atoms with Gasteiger partial charge < -0.3 is 4.74 Å². The maximum Gasteiger partial charge on any atom is 0.273 e. The second-order valence-corrected chi connectivity index (χ2v) is 6.04. The van der Waals surface area contributed by atoms with Crippen molar-refractivity contribution >= 4 is 10.0 Å². The van der Waals surface area contributed by atoms with Gasteiger partial charge in [0.25, 0.3) is 15.2 Å². The Hall–Kier alpha value is -0.990. The highest BCUT2D eigenvalue weighted by Crippen LogP contribution is 2.13. The van der Waals surface area contributed by atoms with E-state index in [0.717, 1.165) is 0 Å². The van der Waals surface area contributed by atoms with Gasteiger partial charge in [0.15, 0.2) is 5.82 Å². The van der Waals surface area contributed by atoms with Crippen molar-refractivity contribution in [3.8, 4) is 0 Å². The van der Waals surface area contributed by atoms with E-state index in [1.165, 1.54) is 4.57 Å². The van der Waals surface area contributed by atoms with Gasteiger partial charge in [-0.2, -0.15) is 0 Å². The maximum absolute atomic E-state index is 11.2. The van der Waals surface area contributed by atoms with Crippen molar-refractivity contribution in [3.63, 3.8) is 0 Å². The number of sulfonamides is 1. The van der Waals surface area contributed by atoms with Crippen LogP contribution >= 0.6 is 0 Å². The van der Waals surface area contributed by atoms with Crippen molar-refractivity contribution in [2.75, 3.05) is 0 Å². The second kappa shape index (κ2) is 4.71. The van der Waals surface area contributed by atoms with Crippen LogP contribution in [0.15, 0.2) is 5.16 Å². The molecule has 1 aromatic heterocycles. The summed E-state index contributed by atoms with van der Waals surface area (Å²) in [7, 11) is -3.84. The molecule has 0 amide bonds. The topological polar surface area (TPSA) is 100 Å². The van der Waals surface area contributed by atoms with Crippen LogP contribution in [0.4, 0.5) is 0 Å². The molecule has 17 heavy (non-hydrogen) atoms. The van der Waals surface area contributed by atoms with Gasteiger partial charge in [-0.25, -0.2) is 13.6 Å². The van der Waals surface area contributed by atoms with Gasteiger partial charge in [-0.1, -0.05) is 0 Å². The van der Waals surface area contributed by atoms with Crippen LogP contribution in [0.2, 0.25) is 0 Å². The zero-order chi connectivity index (χ0) is 13.3. The van der Waals surface area contributed by atoms with Crippen LogP contribution in [-0.4, -0.2) is 28.8 Å². The quantitative estimate of drug-likeness (QED) is 0.839. The molecule has 0 aromatic carbocycles. The predicted molar refractivity (Wildman–Crippen MR) is 61.6 cm³/mol. The SMILES string of the molecule is CCn1c(COC(C)(C)C)nnc1S(N)(=O)=O. The average Bonchev–Trinajstić information content (AvgIpc) is 2.55. The first kappa shape index (κ1) is 14.1. The molecular formula is C9H18N4O3S. The third-order valence-corrected chi connectivity index (χ3v) is 2.81. The predicted octanol–water partition coefficient (Wildman–Crippen LogP) is 0.260. The van der Waals surface area contributed by atoms with Crippen molar-refractivity contribution in [2.45, 2.75) is 51.6 Å². The fraction of sp³-hybridized carbons (Fsp3) is 0.778. The highest BCUT2D eigenvalue weighted by atomic mass is 32.2. The molecule has 0 fully saturated rings. The number of hydrogen-bond donors (Lipinski definition) is 1. The van der Waals surface area contributed by atoms with E-state index in [-0.39, 0.29) is 17.4 Å². The Morgan fingerprint density at radius 2 is 1.94 bits per heavy atom. The van der Waals surface area contributed by atoms with Gasteiger partial charge in [-0.3, -0.25) is 4.57 Å². The van der Waals surface area contributed by atoms with Crippen LogP contribution in [0.5, 0.6) is 0 Å². The standard InChI is InChI=1S/C9H18N4O3S/c1-5-13-7(6-16-9(2,3)4)11-12-8(13)17(10,14)15/h5-6H2,1-4H3,(H2,10,14,15). The molecular weight excluding hydrogens is 244 g/mol. The lowest BCUT2D eigenvalue weighted by Crippen LogP contribution is -2.22. The molecule has 1 aromatic rings. The molecule has 7 nitrogen and oxygen atoms in total. The largest absolute Gasteiger partial charge is 0.368 e. The minimum absolute atomic E-state index is 0.194. The van der Waals surface area contributed by atoms with Gasteiger partial charge in [-0.05, 0) is 27.7 Å². The van der Waals surface area contributed by atoms with E-state index in [0.29, 0.717) is 12.4 Å². The Labute approximate surface area is 101 Å². The van der Waals surface area contributed by atoms with Crippen LogP contribution < -0.4 is 5.14 Å². The summed E-state index contributed by atoms with van der Waals surface area (Å²) in [5.74, 6) is 0.450. The molecule has 8 heteroatoms. The summed E-state index contributed by atoms with van der Waals surface area (Å²) >= 11 is 0. The summed E-state index contributed by atoms with van der Waals surface area (Å²) in [5, 5.41) is 12.2. The summed E-state index contributed by atoms with van der Waals surface area (Å²) in [6, 6.07) is 0. The molecule has 2 N–H and O–H groups in total. The van der Waals surface area contributed by atoms with Crippen LogP contribution in [0.25, 0.3) is 0 Å². The van der Waals surface area contributed by atoms with Gasteiger partial charge in [-0.15, -0.1) is 10.2 Å². The van der Waals surface area contributed by atoms with Gasteiger partial charge >= 0.3 is 0 Å². The van der Waals surface area contributed by atoms with Crippen LogP contribution in [0.1, 0.15) is 33.5 Å². The van der Waals surface area contributed by atoms with Crippen molar-refractivity contribution in [1.82, 2.24) is 14.8 Å². The summed E-state index contributed by atoms with van der Waals surface area (Å²) < 4.78 is 29.4. The van der Waals surface area contributed by atoms with Crippen LogP contribution in [-0.2, 0) is 27.9 Å². The molecule has 0 radical (unpaired) electrons. The Bertz CT molecular complexity index is 487. The van der Waals surface area contributed by atoms with Crippen LogP contribution in [0, 0.1) is 0 Å². The fourth-order valence-corrected chi connectivity index (χ4v) is 1.93. The highest BCUT2D eigenvalue weighted by Gasteiger charge is 2.21. The molecule has 0 aliphatic carbocycles. The molecule has 1 heterocycles. The summed E-state index contributed by atoms with van der Waals surface area (Å²) in [6.45, 7) is 8.11. The van der Waals surface area contributed by atoms with Crippen LogP contribution in [0.3, 0.4) is 0 Å². The number of aromatic nitrogens is 3. The number of hydrogen-bond acceptors (Lipinski definition) is 5. The van der Waals surface area contributed by atoms with Gasteiger partial charge in [0.2, 0.25) is 0 Å². The van der Waals surface area contributed by atoms with Crippen molar-refractivity contribution < 1.29 is 13.2 Å². The lowest BCUT2D eigenvalue weighted by atomic mass is 10.2. The van der Waals surface area contributed by atoms with E-state index in [4.69, 9.17) is 9.88 Å². The first-order valence-electron chi connectivity index (χ1n) is 5.24. The van der Waals surface area contributed by atoms with Gasteiger partial charge in [0.1, 0.15) is 6.61 Å². The van der Waals surface area contributed by atoms with Crippen molar-refractivity contribution in [3.05, 3.63) is 5.82 Å². The number of nitrogens with two attached hydrogens (primary N) is 1. The molecule has 1 rings (SSSR count). The highest BCUT2D eigenvalue weighted by molar-refractivity contribution is 7.89. The third kappa shape index (κ3) is 3.76.